The van der Waals surface area contributed by atoms with Gasteiger partial charge in [0.1, 0.15) is 17.2 Å². The Morgan fingerprint density at radius 3 is 2.57 bits per heavy atom. The average Bonchev–Trinajstić information content (AvgIpc) is 2.95. The van der Waals surface area contributed by atoms with Crippen molar-refractivity contribution >= 4 is 27.6 Å². The number of anilines is 1. The summed E-state index contributed by atoms with van der Waals surface area (Å²) in [4.78, 5) is 27.0. The van der Waals surface area contributed by atoms with Gasteiger partial charge in [-0.25, -0.2) is 9.52 Å². The Kier molecular flexibility index (Phi) is 4.96. The van der Waals surface area contributed by atoms with E-state index in [0.717, 1.165) is 4.40 Å². The summed E-state index contributed by atoms with van der Waals surface area (Å²) in [5, 5.41) is 1.26. The van der Waals surface area contributed by atoms with Gasteiger partial charge in [0.05, 0.1) is 20.4 Å². The average molecular weight is 411 g/mol. The summed E-state index contributed by atoms with van der Waals surface area (Å²) in [6.07, 6.45) is 1.22. The van der Waals surface area contributed by atoms with E-state index in [-0.39, 0.29) is 29.2 Å². The van der Waals surface area contributed by atoms with Crippen molar-refractivity contribution < 1.29 is 27.1 Å². The van der Waals surface area contributed by atoms with Crippen LogP contribution in [0.15, 0.2) is 23.4 Å². The number of rotatable bonds is 5. The van der Waals surface area contributed by atoms with E-state index in [1.807, 2.05) is 0 Å². The molecule has 3 aromatic heterocycles. The summed E-state index contributed by atoms with van der Waals surface area (Å²) in [7, 11) is -1.97. The van der Waals surface area contributed by atoms with Gasteiger partial charge in [-0.2, -0.15) is 32.7 Å². The fourth-order valence-electron chi connectivity index (χ4n) is 2.24. The molecule has 0 bridgehead atoms. The van der Waals surface area contributed by atoms with E-state index in [1.165, 1.54) is 39.5 Å². The van der Waals surface area contributed by atoms with Crippen LogP contribution in [0.1, 0.15) is 5.82 Å². The summed E-state index contributed by atoms with van der Waals surface area (Å²) < 4.78 is 51.7. The van der Waals surface area contributed by atoms with E-state index in [2.05, 4.69) is 25.3 Å². The number of aryl methyl sites for hydroxylation is 1. The van der Waals surface area contributed by atoms with Crippen LogP contribution in [-0.4, -0.2) is 53.0 Å². The SMILES string of the molecule is COc1ccc2nc(F)c(S(=O)(=O)NC(=O)Nc3nc(C)nc(OC)n3)n2c1. The zero-order chi connectivity index (χ0) is 20.5. The number of amides is 2. The summed E-state index contributed by atoms with van der Waals surface area (Å²) >= 11 is 0. The number of urea groups is 1. The molecule has 0 saturated heterocycles. The lowest BCUT2D eigenvalue weighted by Gasteiger charge is -2.09. The van der Waals surface area contributed by atoms with E-state index in [9.17, 15) is 17.6 Å². The van der Waals surface area contributed by atoms with Crippen LogP contribution in [0.25, 0.3) is 5.65 Å². The first kappa shape index (κ1) is 19.2. The lowest BCUT2D eigenvalue weighted by Crippen LogP contribution is -2.36. The van der Waals surface area contributed by atoms with Crippen molar-refractivity contribution in [2.75, 3.05) is 19.5 Å². The highest BCUT2D eigenvalue weighted by Gasteiger charge is 2.28. The molecule has 148 valence electrons. The Hall–Kier alpha value is -3.55. The topological polar surface area (TPSA) is 150 Å². The number of carbonyl (C=O) groups is 1. The molecule has 0 atom stereocenters. The lowest BCUT2D eigenvalue weighted by atomic mass is 10.4. The molecule has 2 amide bonds. The molecule has 28 heavy (non-hydrogen) atoms. The number of nitrogens with one attached hydrogen (secondary N) is 2. The molecule has 0 aliphatic rings. The molecule has 0 saturated carbocycles. The molecular weight excluding hydrogens is 397 g/mol. The number of hydrogen-bond donors (Lipinski definition) is 2. The highest BCUT2D eigenvalue weighted by atomic mass is 32.2. The van der Waals surface area contributed by atoms with Gasteiger partial charge in [-0.15, -0.1) is 0 Å². The minimum Gasteiger partial charge on any atom is -0.495 e. The Morgan fingerprint density at radius 1 is 1.14 bits per heavy atom. The van der Waals surface area contributed by atoms with Crippen LogP contribution >= 0.6 is 0 Å². The van der Waals surface area contributed by atoms with E-state index in [1.54, 1.807) is 4.72 Å². The molecule has 0 aromatic carbocycles. The van der Waals surface area contributed by atoms with Gasteiger partial charge in [-0.05, 0) is 19.1 Å². The summed E-state index contributed by atoms with van der Waals surface area (Å²) in [5.41, 5.74) is 0.0110. The van der Waals surface area contributed by atoms with E-state index in [0.29, 0.717) is 0 Å². The van der Waals surface area contributed by atoms with Crippen LogP contribution in [-0.2, 0) is 10.0 Å². The van der Waals surface area contributed by atoms with Crippen LogP contribution in [0.2, 0.25) is 0 Å². The second-order valence-electron chi connectivity index (χ2n) is 5.26. The first-order valence-electron chi connectivity index (χ1n) is 7.55. The number of fused-ring (bicyclic) bond motifs is 1. The minimum absolute atomic E-state index is 0.0110. The zero-order valence-corrected chi connectivity index (χ0v) is 15.6. The molecule has 0 spiro atoms. The molecule has 3 heterocycles. The van der Waals surface area contributed by atoms with Gasteiger partial charge in [-0.1, -0.05) is 0 Å². The maximum absolute atomic E-state index is 14.2. The Labute approximate surface area is 157 Å². The van der Waals surface area contributed by atoms with Crippen molar-refractivity contribution in [2.45, 2.75) is 11.9 Å². The largest absolute Gasteiger partial charge is 0.495 e. The van der Waals surface area contributed by atoms with Gasteiger partial charge < -0.3 is 9.47 Å². The number of halogens is 1. The number of sulfonamides is 1. The fourth-order valence-corrected chi connectivity index (χ4v) is 3.30. The fraction of sp³-hybridized carbons (Fsp3) is 0.214. The quantitative estimate of drug-likeness (QED) is 0.611. The lowest BCUT2D eigenvalue weighted by molar-refractivity contribution is 0.256. The second kappa shape index (κ2) is 7.22. The minimum atomic E-state index is -4.64. The monoisotopic (exact) mass is 411 g/mol. The summed E-state index contributed by atoms with van der Waals surface area (Å²) in [6.45, 7) is 1.52. The van der Waals surface area contributed by atoms with E-state index < -0.39 is 27.0 Å². The highest BCUT2D eigenvalue weighted by molar-refractivity contribution is 7.90. The van der Waals surface area contributed by atoms with Gasteiger partial charge in [-0.3, -0.25) is 9.72 Å². The molecule has 12 nitrogen and oxygen atoms in total. The summed E-state index contributed by atoms with van der Waals surface area (Å²) in [5.74, 6) is -1.05. The first-order valence-corrected chi connectivity index (χ1v) is 9.04. The Morgan fingerprint density at radius 2 is 1.89 bits per heavy atom. The molecular formula is C14H14FN7O5S. The third-order valence-corrected chi connectivity index (χ3v) is 4.69. The third-order valence-electron chi connectivity index (χ3n) is 3.36. The van der Waals surface area contributed by atoms with E-state index in [4.69, 9.17) is 9.47 Å². The number of ether oxygens (including phenoxy) is 2. The van der Waals surface area contributed by atoms with Gasteiger partial charge in [0.15, 0.2) is 0 Å². The maximum Gasteiger partial charge on any atom is 0.335 e. The molecule has 0 aliphatic carbocycles. The number of pyridine rings is 1. The Bertz CT molecular complexity index is 1160. The van der Waals surface area contributed by atoms with Gasteiger partial charge in [0.2, 0.25) is 11.0 Å². The molecule has 14 heteroatoms. The normalized spacial score (nSPS) is 11.3. The molecule has 0 aliphatic heterocycles. The zero-order valence-electron chi connectivity index (χ0n) is 14.8. The maximum atomic E-state index is 14.2. The Balaban J connectivity index is 1.90. The summed E-state index contributed by atoms with van der Waals surface area (Å²) in [6, 6.07) is 1.55. The van der Waals surface area contributed by atoms with Gasteiger partial charge in [0.25, 0.3) is 16.0 Å². The van der Waals surface area contributed by atoms with Crippen LogP contribution in [0, 0.1) is 12.9 Å². The van der Waals surface area contributed by atoms with E-state index >= 15 is 0 Å². The number of nitrogens with zero attached hydrogens (tertiary/aromatic N) is 5. The number of imidazole rings is 1. The number of carbonyl (C=O) groups excluding carboxylic acids is 1. The van der Waals surface area contributed by atoms with Crippen LogP contribution in [0.3, 0.4) is 0 Å². The number of hydrogen-bond acceptors (Lipinski definition) is 9. The van der Waals surface area contributed by atoms with Crippen LogP contribution < -0.4 is 19.5 Å². The molecule has 0 fully saturated rings. The van der Waals surface area contributed by atoms with Crippen molar-refractivity contribution in [3.05, 3.63) is 30.1 Å². The van der Waals surface area contributed by atoms with Crippen molar-refractivity contribution in [2.24, 2.45) is 0 Å². The van der Waals surface area contributed by atoms with Crippen molar-refractivity contribution in [3.8, 4) is 11.8 Å². The molecule has 2 N–H and O–H groups in total. The third kappa shape index (κ3) is 3.75. The van der Waals surface area contributed by atoms with Crippen LogP contribution in [0.4, 0.5) is 15.1 Å². The predicted molar refractivity (Wildman–Crippen MR) is 92.2 cm³/mol. The smallest absolute Gasteiger partial charge is 0.335 e. The number of methoxy groups -OCH3 is 2. The molecule has 0 unspecified atom stereocenters. The first-order chi connectivity index (χ1) is 13.2. The van der Waals surface area contributed by atoms with Crippen LogP contribution in [0.5, 0.6) is 11.8 Å². The standard InChI is InChI=1S/C14H14FN7O5S/c1-7-16-12(20-14(17-7)27-3)19-13(23)21-28(24,25)11-10(15)18-9-5-4-8(26-2)6-22(9)11/h4-6H,1-3H3,(H2,16,17,19,20,21,23). The highest BCUT2D eigenvalue weighted by Crippen LogP contribution is 2.20. The predicted octanol–water partition coefficient (Wildman–Crippen LogP) is 0.494. The molecule has 0 radical (unpaired) electrons. The molecule has 3 aromatic rings. The second-order valence-corrected chi connectivity index (χ2v) is 6.86. The molecule has 3 rings (SSSR count). The van der Waals surface area contributed by atoms with Crippen molar-refractivity contribution in [1.29, 1.82) is 0 Å². The number of aromatic nitrogens is 5. The van der Waals surface area contributed by atoms with Gasteiger partial charge in [0, 0.05) is 0 Å². The van der Waals surface area contributed by atoms with Gasteiger partial charge >= 0.3 is 12.0 Å². The van der Waals surface area contributed by atoms with Crippen molar-refractivity contribution in [1.82, 2.24) is 29.1 Å². The van der Waals surface area contributed by atoms with Crippen molar-refractivity contribution in [3.63, 3.8) is 0 Å².